The quantitative estimate of drug-likeness (QED) is 0.164. The van der Waals surface area contributed by atoms with E-state index in [1.54, 1.807) is 5.43 Å². The molecule has 0 radical (unpaired) electrons. The van der Waals surface area contributed by atoms with Crippen LogP contribution in [-0.2, 0) is 4.79 Å². The molecule has 0 saturated carbocycles. The molecule has 4 N–H and O–H groups in total. The van der Waals surface area contributed by atoms with Gasteiger partial charge in [0.05, 0.1) is 7.94 Å². The molecule has 0 fully saturated rings. The molecule has 0 aliphatic rings. The van der Waals surface area contributed by atoms with E-state index in [1.165, 1.54) is 0 Å². The number of carbonyl (C=O) groups excluding carboxylic acids is 1. The van der Waals surface area contributed by atoms with Crippen molar-refractivity contribution < 1.29 is 19.5 Å². The maximum absolute atomic E-state index is 10.1. The van der Waals surface area contributed by atoms with E-state index in [0.29, 0.717) is 0 Å². The fourth-order valence-electron chi connectivity index (χ4n) is 0.227. The van der Waals surface area contributed by atoms with Crippen molar-refractivity contribution in [2.45, 2.75) is 0 Å². The second-order valence-electron chi connectivity index (χ2n) is 1.36. The summed E-state index contributed by atoms with van der Waals surface area (Å²) in [5, 5.41) is 0. The molecule has 6 nitrogen and oxygen atoms in total. The summed E-state index contributed by atoms with van der Waals surface area (Å²) in [5.41, 5.74) is 1.55. The van der Waals surface area contributed by atoms with Crippen LogP contribution in [0.15, 0.2) is 0 Å². The summed E-state index contributed by atoms with van der Waals surface area (Å²) in [6, 6.07) is 0. The highest BCUT2D eigenvalue weighted by atomic mass is 31.2. The third kappa shape index (κ3) is 5.61. The normalized spacial score (nSPS) is 11.1. The Kier molecular flexibility index (Phi) is 2.96. The SMILES string of the molecule is NNC(=O)C[P+]([O-])([O-])O. The fraction of sp³-hybridized carbons (Fsp3) is 0.500. The Labute approximate surface area is 51.9 Å². The second-order valence-corrected chi connectivity index (χ2v) is 2.95. The van der Waals surface area contributed by atoms with Gasteiger partial charge in [-0.2, -0.15) is 0 Å². The predicted molar refractivity (Wildman–Crippen MR) is 26.3 cm³/mol. The standard InChI is InChI=1S/C2H7N2O4P/c3-4-2(5)1-9(6,7)8/h1,3H2,(H,4,5)(H2,6,7,8)/p-1. The molecule has 54 valence electrons. The van der Waals surface area contributed by atoms with E-state index >= 15 is 0 Å². The number of hydrazine groups is 1. The predicted octanol–water partition coefficient (Wildman–Crippen LogP) is -3.55. The molecule has 0 unspecified atom stereocenters. The first-order valence-corrected chi connectivity index (χ1v) is 3.74. The van der Waals surface area contributed by atoms with Crippen LogP contribution >= 0.6 is 7.94 Å². The minimum absolute atomic E-state index is 0.934. The van der Waals surface area contributed by atoms with Gasteiger partial charge in [-0.15, -0.1) is 0 Å². The molecule has 7 heteroatoms. The van der Waals surface area contributed by atoms with E-state index in [1.807, 2.05) is 0 Å². The maximum atomic E-state index is 10.1. The van der Waals surface area contributed by atoms with E-state index in [-0.39, 0.29) is 0 Å². The van der Waals surface area contributed by atoms with Gasteiger partial charge >= 0.3 is 0 Å². The first kappa shape index (κ1) is 8.74. The molecule has 0 aliphatic carbocycles. The van der Waals surface area contributed by atoms with E-state index < -0.39 is 20.0 Å². The van der Waals surface area contributed by atoms with Crippen LogP contribution in [0, 0.1) is 0 Å². The summed E-state index contributed by atoms with van der Waals surface area (Å²) in [6.45, 7) is 0. The zero-order valence-corrected chi connectivity index (χ0v) is 5.30. The molecule has 0 aromatic heterocycles. The van der Waals surface area contributed by atoms with Crippen LogP contribution in [0.2, 0.25) is 0 Å². The van der Waals surface area contributed by atoms with Crippen molar-refractivity contribution in [2.75, 3.05) is 6.16 Å². The second kappa shape index (κ2) is 3.05. The molecule has 0 aromatic carbocycles. The largest absolute Gasteiger partial charge is 0.659 e. The fourth-order valence-corrected chi connectivity index (χ4v) is 0.681. The Morgan fingerprint density at radius 2 is 2.22 bits per heavy atom. The molecule has 0 spiro atoms. The Hall–Kier alpha value is -0.260. The molecule has 0 heterocycles. The van der Waals surface area contributed by atoms with Gasteiger partial charge in [0, 0.05) is 0 Å². The van der Waals surface area contributed by atoms with Crippen molar-refractivity contribution in [3.05, 3.63) is 0 Å². The highest BCUT2D eigenvalue weighted by Crippen LogP contribution is 2.31. The van der Waals surface area contributed by atoms with Crippen molar-refractivity contribution in [3.8, 4) is 0 Å². The summed E-state index contributed by atoms with van der Waals surface area (Å²) in [4.78, 5) is 37.8. The summed E-state index contributed by atoms with van der Waals surface area (Å²) >= 11 is 0. The number of nitrogens with one attached hydrogen (secondary N) is 1. The third-order valence-corrected chi connectivity index (χ3v) is 1.19. The van der Waals surface area contributed by atoms with Crippen LogP contribution in [0.25, 0.3) is 0 Å². The maximum Gasteiger partial charge on any atom is 0.273 e. The Morgan fingerprint density at radius 1 is 1.78 bits per heavy atom. The lowest BCUT2D eigenvalue weighted by molar-refractivity contribution is -0.330. The van der Waals surface area contributed by atoms with Gasteiger partial charge in [0.25, 0.3) is 5.91 Å². The molecule has 0 atom stereocenters. The average molecular weight is 153 g/mol. The summed E-state index contributed by atoms with van der Waals surface area (Å²) in [6.07, 6.45) is -0.969. The number of rotatable bonds is 2. The van der Waals surface area contributed by atoms with Crippen LogP contribution in [0.3, 0.4) is 0 Å². The van der Waals surface area contributed by atoms with Crippen LogP contribution in [0.5, 0.6) is 0 Å². The van der Waals surface area contributed by atoms with Crippen molar-refractivity contribution in [3.63, 3.8) is 0 Å². The highest BCUT2D eigenvalue weighted by molar-refractivity contribution is 7.56. The first-order valence-electron chi connectivity index (χ1n) is 1.98. The lowest BCUT2D eigenvalue weighted by Crippen LogP contribution is -2.38. The molecule has 1 amide bonds. The minimum Gasteiger partial charge on any atom is -0.659 e. The summed E-state index contributed by atoms with van der Waals surface area (Å²) < 4.78 is 0. The topological polar surface area (TPSA) is 121 Å². The first-order chi connectivity index (χ1) is 3.95. The zero-order valence-electron chi connectivity index (χ0n) is 4.40. The van der Waals surface area contributed by atoms with Gasteiger partial charge in [-0.1, -0.05) is 0 Å². The minimum atomic E-state index is -4.48. The number of hydrogen-bond acceptors (Lipinski definition) is 5. The van der Waals surface area contributed by atoms with Gasteiger partial charge in [-0.25, -0.2) is 5.84 Å². The molecule has 0 bridgehead atoms. The molecule has 0 aliphatic heterocycles. The van der Waals surface area contributed by atoms with Crippen molar-refractivity contribution >= 4 is 13.9 Å². The van der Waals surface area contributed by atoms with E-state index in [2.05, 4.69) is 5.84 Å². The average Bonchev–Trinajstić information content (AvgIpc) is 1.62. The monoisotopic (exact) mass is 153 g/mol. The van der Waals surface area contributed by atoms with E-state index in [4.69, 9.17) is 4.89 Å². The number of nitrogens with two attached hydrogens (primary N) is 1. The molecular formula is C2H6N2O4P-. The van der Waals surface area contributed by atoms with Crippen LogP contribution in [0.4, 0.5) is 0 Å². The lowest BCUT2D eigenvalue weighted by atomic mass is 10.8. The van der Waals surface area contributed by atoms with Crippen LogP contribution in [-0.4, -0.2) is 17.0 Å². The molecule has 9 heavy (non-hydrogen) atoms. The van der Waals surface area contributed by atoms with Crippen LogP contribution < -0.4 is 21.1 Å². The molecule has 0 saturated heterocycles. The Balaban J connectivity index is 3.60. The van der Waals surface area contributed by atoms with Crippen molar-refractivity contribution in [1.82, 2.24) is 5.43 Å². The number of amides is 1. The van der Waals surface area contributed by atoms with Gasteiger partial charge in [-0.3, -0.25) is 15.1 Å². The van der Waals surface area contributed by atoms with Gasteiger partial charge in [0.15, 0.2) is 6.16 Å². The zero-order chi connectivity index (χ0) is 7.49. The lowest BCUT2D eigenvalue weighted by Gasteiger charge is -2.26. The summed E-state index contributed by atoms with van der Waals surface area (Å²) in [5.74, 6) is 3.57. The van der Waals surface area contributed by atoms with Gasteiger partial charge in [-0.05, 0) is 0 Å². The Morgan fingerprint density at radius 3 is 2.33 bits per heavy atom. The van der Waals surface area contributed by atoms with E-state index in [9.17, 15) is 14.6 Å². The van der Waals surface area contributed by atoms with Crippen LogP contribution in [0.1, 0.15) is 0 Å². The van der Waals surface area contributed by atoms with Crippen molar-refractivity contribution in [2.24, 2.45) is 5.84 Å². The summed E-state index contributed by atoms with van der Waals surface area (Å²) in [7, 11) is -4.48. The highest BCUT2D eigenvalue weighted by Gasteiger charge is 2.12. The van der Waals surface area contributed by atoms with Gasteiger partial charge in [0.1, 0.15) is 0 Å². The number of carbonyl (C=O) groups is 1. The molecule has 0 aromatic rings. The molecule has 0 rings (SSSR count). The Bertz CT molecular complexity index is 110. The smallest absolute Gasteiger partial charge is 0.273 e. The third-order valence-electron chi connectivity index (χ3n) is 0.504. The van der Waals surface area contributed by atoms with Crippen molar-refractivity contribution in [1.29, 1.82) is 0 Å². The molecular weight excluding hydrogens is 147 g/mol. The van der Waals surface area contributed by atoms with Gasteiger partial charge < -0.3 is 9.79 Å². The van der Waals surface area contributed by atoms with E-state index in [0.717, 1.165) is 0 Å². The van der Waals surface area contributed by atoms with Gasteiger partial charge in [0.2, 0.25) is 0 Å². The number of hydrogen-bond donors (Lipinski definition) is 3.